The first-order valence-corrected chi connectivity index (χ1v) is 9.18. The molecule has 3 aromatic rings. The summed E-state index contributed by atoms with van der Waals surface area (Å²) >= 11 is 0. The van der Waals surface area contributed by atoms with E-state index in [1.54, 1.807) is 24.7 Å². The first-order valence-electron chi connectivity index (χ1n) is 9.18. The maximum absolute atomic E-state index is 12.1. The summed E-state index contributed by atoms with van der Waals surface area (Å²) in [4.78, 5) is 34.4. The van der Waals surface area contributed by atoms with Gasteiger partial charge in [-0.1, -0.05) is 0 Å². The molecule has 0 atom stereocenters. The van der Waals surface area contributed by atoms with Crippen molar-refractivity contribution in [2.24, 2.45) is 0 Å². The van der Waals surface area contributed by atoms with Crippen LogP contribution in [-0.2, 0) is 6.54 Å². The van der Waals surface area contributed by atoms with Crippen molar-refractivity contribution in [3.05, 3.63) is 70.3 Å². The van der Waals surface area contributed by atoms with Crippen molar-refractivity contribution in [3.63, 3.8) is 0 Å². The molecule has 3 aromatic heterocycles. The molecule has 27 heavy (non-hydrogen) atoms. The fourth-order valence-corrected chi connectivity index (χ4v) is 3.54. The van der Waals surface area contributed by atoms with Crippen LogP contribution in [0.1, 0.15) is 35.6 Å². The molecule has 1 aliphatic heterocycles. The zero-order chi connectivity index (χ0) is 18.6. The van der Waals surface area contributed by atoms with E-state index in [9.17, 15) is 4.79 Å². The lowest BCUT2D eigenvalue weighted by molar-refractivity contribution is 0.203. The van der Waals surface area contributed by atoms with Gasteiger partial charge in [-0.25, -0.2) is 9.97 Å². The minimum absolute atomic E-state index is 0.143. The van der Waals surface area contributed by atoms with Crippen molar-refractivity contribution in [1.82, 2.24) is 29.8 Å². The predicted octanol–water partition coefficient (Wildman–Crippen LogP) is 2.31. The zero-order valence-electron chi connectivity index (χ0n) is 15.3. The highest BCUT2D eigenvalue weighted by Gasteiger charge is 2.23. The van der Waals surface area contributed by atoms with E-state index >= 15 is 0 Å². The van der Waals surface area contributed by atoms with Gasteiger partial charge in [0.1, 0.15) is 5.69 Å². The van der Waals surface area contributed by atoms with Gasteiger partial charge in [-0.2, -0.15) is 0 Å². The first-order chi connectivity index (χ1) is 13.2. The molecule has 0 bridgehead atoms. The van der Waals surface area contributed by atoms with E-state index in [0.717, 1.165) is 38.2 Å². The summed E-state index contributed by atoms with van der Waals surface area (Å²) in [6.07, 6.45) is 10.6. The number of hydrogen-bond donors (Lipinski definition) is 1. The second-order valence-electron chi connectivity index (χ2n) is 6.96. The highest BCUT2D eigenvalue weighted by atomic mass is 16.1. The van der Waals surface area contributed by atoms with Crippen molar-refractivity contribution < 1.29 is 0 Å². The van der Waals surface area contributed by atoms with Gasteiger partial charge in [-0.05, 0) is 50.0 Å². The second-order valence-corrected chi connectivity index (χ2v) is 6.96. The molecule has 1 fully saturated rings. The Kier molecular flexibility index (Phi) is 5.02. The summed E-state index contributed by atoms with van der Waals surface area (Å²) in [5.41, 5.74) is 3.84. The van der Waals surface area contributed by atoms with E-state index < -0.39 is 0 Å². The van der Waals surface area contributed by atoms with Crippen LogP contribution < -0.4 is 5.56 Å². The van der Waals surface area contributed by atoms with Crippen LogP contribution in [0.4, 0.5) is 0 Å². The normalized spacial score (nSPS) is 15.7. The highest BCUT2D eigenvalue weighted by Crippen LogP contribution is 2.27. The summed E-state index contributed by atoms with van der Waals surface area (Å²) in [7, 11) is 0. The molecular weight excluding hydrogens is 340 g/mol. The van der Waals surface area contributed by atoms with Crippen LogP contribution in [-0.4, -0.2) is 42.9 Å². The minimum Gasteiger partial charge on any atom is -0.305 e. The summed E-state index contributed by atoms with van der Waals surface area (Å²) in [5.74, 6) is 0.776. The molecule has 1 aliphatic rings. The van der Waals surface area contributed by atoms with Crippen LogP contribution in [0.15, 0.2) is 47.9 Å². The Bertz CT molecular complexity index is 963. The zero-order valence-corrected chi connectivity index (χ0v) is 15.3. The van der Waals surface area contributed by atoms with Gasteiger partial charge in [-0.15, -0.1) is 0 Å². The first kappa shape index (κ1) is 17.5. The predicted molar refractivity (Wildman–Crippen MR) is 102 cm³/mol. The lowest BCUT2D eigenvalue weighted by atomic mass is 9.93. The van der Waals surface area contributed by atoms with Gasteiger partial charge < -0.3 is 4.98 Å². The quantitative estimate of drug-likeness (QED) is 0.766. The number of rotatable bonds is 4. The summed E-state index contributed by atoms with van der Waals surface area (Å²) in [6, 6.07) is 3.71. The van der Waals surface area contributed by atoms with Crippen LogP contribution in [0.5, 0.6) is 0 Å². The van der Waals surface area contributed by atoms with E-state index in [4.69, 9.17) is 0 Å². The lowest BCUT2D eigenvalue weighted by Crippen LogP contribution is -2.33. The fraction of sp³-hybridized carbons (Fsp3) is 0.350. The average Bonchev–Trinajstić information content (AvgIpc) is 2.70. The van der Waals surface area contributed by atoms with E-state index in [-0.39, 0.29) is 11.5 Å². The summed E-state index contributed by atoms with van der Waals surface area (Å²) in [6.45, 7) is 5.01. The molecule has 4 rings (SSSR count). The van der Waals surface area contributed by atoms with Crippen molar-refractivity contribution in [2.75, 3.05) is 13.1 Å². The Labute approximate surface area is 157 Å². The molecule has 0 unspecified atom stereocenters. The number of likely N-dealkylation sites (tertiary alicyclic amines) is 1. The van der Waals surface area contributed by atoms with Crippen molar-refractivity contribution in [1.29, 1.82) is 0 Å². The van der Waals surface area contributed by atoms with Gasteiger partial charge in [0.25, 0.3) is 5.56 Å². The van der Waals surface area contributed by atoms with E-state index in [0.29, 0.717) is 11.5 Å². The maximum Gasteiger partial charge on any atom is 0.251 e. The fourth-order valence-electron chi connectivity index (χ4n) is 3.54. The number of piperidine rings is 1. The van der Waals surface area contributed by atoms with Crippen LogP contribution in [0.2, 0.25) is 0 Å². The highest BCUT2D eigenvalue weighted by molar-refractivity contribution is 5.46. The second kappa shape index (κ2) is 7.75. The molecule has 0 aliphatic carbocycles. The Morgan fingerprint density at radius 2 is 1.96 bits per heavy atom. The van der Waals surface area contributed by atoms with Crippen LogP contribution >= 0.6 is 0 Å². The molecule has 138 valence electrons. The number of nitrogens with zero attached hydrogens (tertiary/aromatic N) is 5. The molecule has 0 aromatic carbocycles. The number of nitrogens with one attached hydrogen (secondary N) is 1. The molecule has 7 heteroatoms. The van der Waals surface area contributed by atoms with Gasteiger partial charge >= 0.3 is 0 Å². The summed E-state index contributed by atoms with van der Waals surface area (Å²) in [5, 5.41) is 0. The van der Waals surface area contributed by atoms with Crippen LogP contribution in [0.3, 0.4) is 0 Å². The Morgan fingerprint density at radius 3 is 2.70 bits per heavy atom. The van der Waals surface area contributed by atoms with Gasteiger partial charge in [0.15, 0.2) is 5.82 Å². The standard InChI is InChI=1S/C20H22N6O/c1-14-11-21-5-2-16(14)13-26-8-3-15(4-9-26)17-10-19(27)25-20(24-17)18-12-22-6-7-23-18/h2,5-7,10-12,15H,3-4,8-9,13H2,1H3,(H,24,25,27). The Hall–Kier alpha value is -2.93. The van der Waals surface area contributed by atoms with Gasteiger partial charge in [0.05, 0.1) is 11.9 Å². The molecule has 0 spiro atoms. The molecule has 7 nitrogen and oxygen atoms in total. The molecular formula is C20H22N6O. The average molecular weight is 362 g/mol. The third-order valence-electron chi connectivity index (χ3n) is 5.10. The molecule has 1 N–H and O–H groups in total. The van der Waals surface area contributed by atoms with E-state index in [2.05, 4.69) is 42.8 Å². The number of hydrogen-bond acceptors (Lipinski definition) is 6. The van der Waals surface area contributed by atoms with Gasteiger partial charge in [0.2, 0.25) is 0 Å². The number of aromatic amines is 1. The topological polar surface area (TPSA) is 87.7 Å². The molecule has 0 radical (unpaired) electrons. The van der Waals surface area contributed by atoms with Crippen molar-refractivity contribution >= 4 is 0 Å². The number of pyridine rings is 1. The minimum atomic E-state index is -0.143. The Balaban J connectivity index is 1.46. The molecule has 0 amide bonds. The SMILES string of the molecule is Cc1cnccc1CN1CCC(c2cc(=O)[nH]c(-c3cnccn3)n2)CC1. The third-order valence-corrected chi connectivity index (χ3v) is 5.10. The van der Waals surface area contributed by atoms with Crippen LogP contribution in [0.25, 0.3) is 11.5 Å². The number of aryl methyl sites for hydroxylation is 1. The third kappa shape index (κ3) is 4.09. The monoisotopic (exact) mass is 362 g/mol. The molecule has 0 saturated carbocycles. The largest absolute Gasteiger partial charge is 0.305 e. The van der Waals surface area contributed by atoms with Crippen molar-refractivity contribution in [2.45, 2.75) is 32.2 Å². The smallest absolute Gasteiger partial charge is 0.251 e. The van der Waals surface area contributed by atoms with Crippen molar-refractivity contribution in [3.8, 4) is 11.5 Å². The van der Waals surface area contributed by atoms with E-state index in [1.807, 2.05) is 12.4 Å². The summed E-state index contributed by atoms with van der Waals surface area (Å²) < 4.78 is 0. The van der Waals surface area contributed by atoms with Crippen LogP contribution in [0, 0.1) is 6.92 Å². The van der Waals surface area contributed by atoms with Gasteiger partial charge in [0, 0.05) is 43.3 Å². The lowest BCUT2D eigenvalue weighted by Gasteiger charge is -2.32. The van der Waals surface area contributed by atoms with E-state index in [1.165, 1.54) is 11.1 Å². The Morgan fingerprint density at radius 1 is 1.15 bits per heavy atom. The van der Waals surface area contributed by atoms with Gasteiger partial charge in [-0.3, -0.25) is 19.7 Å². The molecule has 1 saturated heterocycles. The number of aromatic nitrogens is 5. The maximum atomic E-state index is 12.1. The molecule has 4 heterocycles. The number of H-pyrrole nitrogens is 1.